The van der Waals surface area contributed by atoms with Gasteiger partial charge in [-0.3, -0.25) is 4.79 Å². The molecule has 6 heteroatoms. The van der Waals surface area contributed by atoms with E-state index in [0.29, 0.717) is 28.4 Å². The van der Waals surface area contributed by atoms with Crippen LogP contribution in [0.3, 0.4) is 0 Å². The van der Waals surface area contributed by atoms with Gasteiger partial charge in [0, 0.05) is 11.3 Å². The second kappa shape index (κ2) is 8.29. The molecule has 4 rings (SSSR count). The molecule has 0 saturated heterocycles. The second-order valence-electron chi connectivity index (χ2n) is 6.97. The van der Waals surface area contributed by atoms with Crippen LogP contribution in [0.1, 0.15) is 11.1 Å². The number of ether oxygens (including phenoxy) is 2. The molecule has 1 N–H and O–H groups in total. The highest BCUT2D eigenvalue weighted by atomic mass is 16.5. The lowest BCUT2D eigenvalue weighted by atomic mass is 10.1. The molecule has 30 heavy (non-hydrogen) atoms. The fraction of sp³-hybridized carbons (Fsp3) is 0.167. The Kier molecular flexibility index (Phi) is 5.39. The minimum absolute atomic E-state index is 0.0732. The van der Waals surface area contributed by atoms with Crippen molar-refractivity contribution in [3.8, 4) is 23.0 Å². The highest BCUT2D eigenvalue weighted by molar-refractivity contribution is 5.94. The summed E-state index contributed by atoms with van der Waals surface area (Å²) < 4.78 is 16.8. The normalized spacial score (nSPS) is 10.8. The maximum atomic E-state index is 12.3. The van der Waals surface area contributed by atoms with Crippen LogP contribution in [-0.2, 0) is 4.79 Å². The number of carbonyl (C=O) groups is 1. The van der Waals surface area contributed by atoms with Gasteiger partial charge >= 0.3 is 0 Å². The zero-order valence-corrected chi connectivity index (χ0v) is 17.1. The smallest absolute Gasteiger partial charge is 0.262 e. The van der Waals surface area contributed by atoms with Crippen molar-refractivity contribution in [1.29, 1.82) is 0 Å². The second-order valence-corrected chi connectivity index (χ2v) is 6.97. The molecular weight excluding hydrogens is 380 g/mol. The van der Waals surface area contributed by atoms with Crippen LogP contribution in [0.15, 0.2) is 65.1 Å². The van der Waals surface area contributed by atoms with Gasteiger partial charge in [0.2, 0.25) is 5.89 Å². The summed E-state index contributed by atoms with van der Waals surface area (Å²) in [7, 11) is 1.62. The van der Waals surface area contributed by atoms with Crippen molar-refractivity contribution in [3.63, 3.8) is 0 Å². The molecule has 0 spiro atoms. The Labute approximate surface area is 174 Å². The fourth-order valence-corrected chi connectivity index (χ4v) is 3.11. The van der Waals surface area contributed by atoms with Crippen molar-refractivity contribution in [2.75, 3.05) is 19.0 Å². The van der Waals surface area contributed by atoms with Gasteiger partial charge in [0.25, 0.3) is 5.91 Å². The molecule has 3 aromatic carbocycles. The third-order valence-corrected chi connectivity index (χ3v) is 4.90. The number of aromatic nitrogens is 1. The number of methoxy groups -OCH3 is 1. The number of aryl methyl sites for hydroxylation is 1. The van der Waals surface area contributed by atoms with Crippen molar-refractivity contribution in [2.24, 2.45) is 0 Å². The van der Waals surface area contributed by atoms with Gasteiger partial charge in [-0.1, -0.05) is 18.2 Å². The zero-order chi connectivity index (χ0) is 21.1. The minimum atomic E-state index is -0.244. The lowest BCUT2D eigenvalue weighted by Gasteiger charge is -2.11. The Hall–Kier alpha value is -3.80. The van der Waals surface area contributed by atoms with Gasteiger partial charge in [0.1, 0.15) is 17.0 Å². The number of fused-ring (bicyclic) bond motifs is 1. The summed E-state index contributed by atoms with van der Waals surface area (Å²) in [5, 5.41) is 2.84. The predicted octanol–water partition coefficient (Wildman–Crippen LogP) is 5.14. The van der Waals surface area contributed by atoms with Gasteiger partial charge in [-0.2, -0.15) is 0 Å². The van der Waals surface area contributed by atoms with Crippen LogP contribution >= 0.6 is 0 Å². The number of nitrogens with one attached hydrogen (secondary N) is 1. The molecule has 1 heterocycles. The van der Waals surface area contributed by atoms with Crippen LogP contribution in [0.5, 0.6) is 11.5 Å². The topological polar surface area (TPSA) is 73.6 Å². The van der Waals surface area contributed by atoms with E-state index in [4.69, 9.17) is 13.9 Å². The quantitative estimate of drug-likeness (QED) is 0.483. The van der Waals surface area contributed by atoms with Crippen LogP contribution < -0.4 is 14.8 Å². The highest BCUT2D eigenvalue weighted by Crippen LogP contribution is 2.28. The predicted molar refractivity (Wildman–Crippen MR) is 116 cm³/mol. The maximum absolute atomic E-state index is 12.3. The lowest BCUT2D eigenvalue weighted by Crippen LogP contribution is -2.20. The number of rotatable bonds is 6. The third-order valence-electron chi connectivity index (χ3n) is 4.90. The lowest BCUT2D eigenvalue weighted by molar-refractivity contribution is -0.118. The summed E-state index contributed by atoms with van der Waals surface area (Å²) in [6, 6.07) is 18.6. The number of carbonyl (C=O) groups excluding carboxylic acids is 1. The van der Waals surface area contributed by atoms with Crippen molar-refractivity contribution in [1.82, 2.24) is 4.98 Å². The van der Waals surface area contributed by atoms with Crippen LogP contribution in [0.25, 0.3) is 22.6 Å². The maximum Gasteiger partial charge on any atom is 0.262 e. The molecule has 0 unspecified atom stereocenters. The molecule has 0 atom stereocenters. The molecule has 4 aromatic rings. The van der Waals surface area contributed by atoms with E-state index >= 15 is 0 Å². The van der Waals surface area contributed by atoms with E-state index in [1.165, 1.54) is 0 Å². The summed E-state index contributed by atoms with van der Waals surface area (Å²) in [6.07, 6.45) is 0. The molecule has 0 saturated carbocycles. The van der Waals surface area contributed by atoms with Gasteiger partial charge < -0.3 is 19.2 Å². The van der Waals surface area contributed by atoms with E-state index in [1.54, 1.807) is 25.3 Å². The van der Waals surface area contributed by atoms with E-state index in [9.17, 15) is 4.79 Å². The monoisotopic (exact) mass is 402 g/mol. The molecule has 0 bridgehead atoms. The van der Waals surface area contributed by atoms with Gasteiger partial charge in [0.05, 0.1) is 7.11 Å². The van der Waals surface area contributed by atoms with Crippen molar-refractivity contribution in [3.05, 3.63) is 71.8 Å². The van der Waals surface area contributed by atoms with Crippen molar-refractivity contribution < 1.29 is 18.7 Å². The molecule has 0 radical (unpaired) electrons. The van der Waals surface area contributed by atoms with Gasteiger partial charge in [-0.05, 0) is 67.4 Å². The number of nitrogens with zero attached hydrogens (tertiary/aromatic N) is 1. The Balaban J connectivity index is 1.47. The fourth-order valence-electron chi connectivity index (χ4n) is 3.11. The molecule has 1 aromatic heterocycles. The largest absolute Gasteiger partial charge is 0.497 e. The molecule has 0 aliphatic carbocycles. The Morgan fingerprint density at radius 3 is 2.73 bits per heavy atom. The summed E-state index contributed by atoms with van der Waals surface area (Å²) >= 11 is 0. The molecule has 0 aliphatic heterocycles. The molecule has 152 valence electrons. The van der Waals surface area contributed by atoms with Crippen LogP contribution in [0, 0.1) is 13.8 Å². The van der Waals surface area contributed by atoms with E-state index in [-0.39, 0.29) is 12.5 Å². The molecule has 0 fully saturated rings. The number of hydrogen-bond donors (Lipinski definition) is 1. The molecule has 1 amide bonds. The van der Waals surface area contributed by atoms with E-state index < -0.39 is 0 Å². The van der Waals surface area contributed by atoms with E-state index in [0.717, 1.165) is 22.4 Å². The number of hydrogen-bond acceptors (Lipinski definition) is 5. The first-order chi connectivity index (χ1) is 14.5. The van der Waals surface area contributed by atoms with Crippen LogP contribution in [0.2, 0.25) is 0 Å². The standard InChI is InChI=1S/C24H22N2O4/c1-15-6-4-9-21(16(15)2)29-14-23(27)25-18-10-11-22-20(13-18)26-24(30-22)17-7-5-8-19(12-17)28-3/h4-13H,14H2,1-3H3,(H,25,27). The van der Waals surface area contributed by atoms with E-state index in [1.807, 2.05) is 56.3 Å². The van der Waals surface area contributed by atoms with E-state index in [2.05, 4.69) is 10.3 Å². The summed E-state index contributed by atoms with van der Waals surface area (Å²) in [5.41, 5.74) is 4.88. The van der Waals surface area contributed by atoms with Gasteiger partial charge in [-0.15, -0.1) is 0 Å². The van der Waals surface area contributed by atoms with Gasteiger partial charge in [-0.25, -0.2) is 4.98 Å². The first-order valence-electron chi connectivity index (χ1n) is 9.57. The highest BCUT2D eigenvalue weighted by Gasteiger charge is 2.11. The number of oxazole rings is 1. The first kappa shape index (κ1) is 19.5. The summed E-state index contributed by atoms with van der Waals surface area (Å²) in [4.78, 5) is 16.9. The molecule has 6 nitrogen and oxygen atoms in total. The number of anilines is 1. The minimum Gasteiger partial charge on any atom is -0.497 e. The molecular formula is C24H22N2O4. The summed E-state index contributed by atoms with van der Waals surface area (Å²) in [6.45, 7) is 3.91. The van der Waals surface area contributed by atoms with Crippen molar-refractivity contribution >= 4 is 22.7 Å². The number of amides is 1. The molecule has 0 aliphatic rings. The number of benzene rings is 3. The summed E-state index contributed by atoms with van der Waals surface area (Å²) in [5.74, 6) is 1.68. The Bertz CT molecular complexity index is 1210. The Morgan fingerprint density at radius 2 is 1.90 bits per heavy atom. The zero-order valence-electron chi connectivity index (χ0n) is 17.1. The van der Waals surface area contributed by atoms with Crippen molar-refractivity contribution in [2.45, 2.75) is 13.8 Å². The average molecular weight is 402 g/mol. The SMILES string of the molecule is COc1cccc(-c2nc3cc(NC(=O)COc4cccc(C)c4C)ccc3o2)c1. The first-order valence-corrected chi connectivity index (χ1v) is 9.57. The van der Waals surface area contributed by atoms with Crippen LogP contribution in [-0.4, -0.2) is 24.6 Å². The van der Waals surface area contributed by atoms with Crippen LogP contribution in [0.4, 0.5) is 5.69 Å². The van der Waals surface area contributed by atoms with Gasteiger partial charge in [0.15, 0.2) is 12.2 Å². The Morgan fingerprint density at radius 1 is 1.07 bits per heavy atom. The average Bonchev–Trinajstić information content (AvgIpc) is 3.18. The third kappa shape index (κ3) is 4.12.